The van der Waals surface area contributed by atoms with Crippen molar-refractivity contribution in [1.29, 1.82) is 0 Å². The van der Waals surface area contributed by atoms with E-state index in [9.17, 15) is 5.11 Å². The van der Waals surface area contributed by atoms with Gasteiger partial charge in [0.1, 0.15) is 18.5 Å². The first-order valence-corrected chi connectivity index (χ1v) is 9.30. The van der Waals surface area contributed by atoms with Crippen molar-refractivity contribution < 1.29 is 9.84 Å². The van der Waals surface area contributed by atoms with Gasteiger partial charge in [0.05, 0.1) is 16.3 Å². The molecule has 4 nitrogen and oxygen atoms in total. The maximum Gasteiger partial charge on any atom is 0.129 e. The van der Waals surface area contributed by atoms with Crippen molar-refractivity contribution in [2.45, 2.75) is 45.3 Å². The summed E-state index contributed by atoms with van der Waals surface area (Å²) in [5.74, 6) is 2.16. The van der Waals surface area contributed by atoms with E-state index < -0.39 is 6.10 Å². The average molecular weight is 334 g/mol. The lowest BCUT2D eigenvalue weighted by molar-refractivity contribution is 0.0935. The first-order chi connectivity index (χ1) is 11.1. The van der Waals surface area contributed by atoms with Gasteiger partial charge < -0.3 is 15.2 Å². The fourth-order valence-electron chi connectivity index (χ4n) is 3.59. The smallest absolute Gasteiger partial charge is 0.129 e. The Balaban J connectivity index is 1.50. The maximum atomic E-state index is 10.2. The SMILES string of the molecule is CC1CCCC(C)C1NCC(O)COc1cccc2sncc12. The molecule has 3 rings (SSSR count). The van der Waals surface area contributed by atoms with Crippen LogP contribution in [0.15, 0.2) is 24.4 Å². The Morgan fingerprint density at radius 3 is 2.91 bits per heavy atom. The second kappa shape index (κ2) is 7.60. The van der Waals surface area contributed by atoms with Gasteiger partial charge >= 0.3 is 0 Å². The summed E-state index contributed by atoms with van der Waals surface area (Å²) < 4.78 is 11.1. The number of fused-ring (bicyclic) bond motifs is 1. The quantitative estimate of drug-likeness (QED) is 0.849. The van der Waals surface area contributed by atoms with Gasteiger partial charge in [0.2, 0.25) is 0 Å². The van der Waals surface area contributed by atoms with Crippen molar-refractivity contribution in [1.82, 2.24) is 9.69 Å². The molecule has 126 valence electrons. The first-order valence-electron chi connectivity index (χ1n) is 8.53. The summed E-state index contributed by atoms with van der Waals surface area (Å²) in [6.07, 6.45) is 5.21. The monoisotopic (exact) mass is 334 g/mol. The average Bonchev–Trinajstić information content (AvgIpc) is 3.01. The van der Waals surface area contributed by atoms with Crippen molar-refractivity contribution in [2.75, 3.05) is 13.2 Å². The second-order valence-corrected chi connectivity index (χ2v) is 7.61. The highest BCUT2D eigenvalue weighted by atomic mass is 32.1. The van der Waals surface area contributed by atoms with Crippen LogP contribution in [-0.4, -0.2) is 34.8 Å². The Hall–Kier alpha value is -1.17. The lowest BCUT2D eigenvalue weighted by Gasteiger charge is -2.35. The molecule has 1 heterocycles. The van der Waals surface area contributed by atoms with Crippen LogP contribution in [0.3, 0.4) is 0 Å². The lowest BCUT2D eigenvalue weighted by Crippen LogP contribution is -2.46. The predicted octanol–water partition coefficient (Wildman–Crippen LogP) is 3.45. The second-order valence-electron chi connectivity index (χ2n) is 6.78. The third kappa shape index (κ3) is 4.03. The fourth-order valence-corrected chi connectivity index (χ4v) is 4.26. The van der Waals surface area contributed by atoms with E-state index in [0.29, 0.717) is 31.0 Å². The Morgan fingerprint density at radius 2 is 2.13 bits per heavy atom. The summed E-state index contributed by atoms with van der Waals surface area (Å²) in [6, 6.07) is 6.43. The van der Waals surface area contributed by atoms with E-state index in [1.54, 1.807) is 0 Å². The number of rotatable bonds is 6. The Labute approximate surface area is 142 Å². The highest BCUT2D eigenvalue weighted by Crippen LogP contribution is 2.29. The van der Waals surface area contributed by atoms with E-state index >= 15 is 0 Å². The van der Waals surface area contributed by atoms with Crippen molar-refractivity contribution in [2.24, 2.45) is 11.8 Å². The molecular weight excluding hydrogens is 308 g/mol. The van der Waals surface area contributed by atoms with Crippen molar-refractivity contribution >= 4 is 21.6 Å². The lowest BCUT2D eigenvalue weighted by atomic mass is 9.79. The van der Waals surface area contributed by atoms with E-state index in [4.69, 9.17) is 4.74 Å². The molecule has 0 bridgehead atoms. The molecule has 1 saturated carbocycles. The highest BCUT2D eigenvalue weighted by molar-refractivity contribution is 7.13. The number of nitrogens with zero attached hydrogens (tertiary/aromatic N) is 1. The van der Waals surface area contributed by atoms with Gasteiger partial charge in [-0.25, -0.2) is 0 Å². The van der Waals surface area contributed by atoms with Gasteiger partial charge in [-0.3, -0.25) is 0 Å². The standard InChI is InChI=1S/C18H26N2O2S/c1-12-5-3-6-13(2)18(12)19-9-14(21)11-22-16-7-4-8-17-15(16)10-20-23-17/h4,7-8,10,12-14,18-19,21H,3,5-6,9,11H2,1-2H3. The van der Waals surface area contributed by atoms with Crippen LogP contribution in [0.4, 0.5) is 0 Å². The molecule has 1 fully saturated rings. The molecule has 1 aliphatic carbocycles. The summed E-state index contributed by atoms with van der Waals surface area (Å²) in [7, 11) is 0. The summed E-state index contributed by atoms with van der Waals surface area (Å²) in [6.45, 7) is 5.50. The number of hydrogen-bond donors (Lipinski definition) is 2. The Bertz CT molecular complexity index is 620. The van der Waals surface area contributed by atoms with E-state index in [1.807, 2.05) is 24.4 Å². The van der Waals surface area contributed by atoms with Crippen LogP contribution < -0.4 is 10.1 Å². The van der Waals surface area contributed by atoms with Gasteiger partial charge in [-0.15, -0.1) is 0 Å². The zero-order chi connectivity index (χ0) is 16.2. The highest BCUT2D eigenvalue weighted by Gasteiger charge is 2.27. The normalized spacial score (nSPS) is 26.3. The molecule has 2 aromatic rings. The van der Waals surface area contributed by atoms with Crippen molar-refractivity contribution in [3.63, 3.8) is 0 Å². The number of hydrogen-bond acceptors (Lipinski definition) is 5. The van der Waals surface area contributed by atoms with Crippen LogP contribution in [0.5, 0.6) is 5.75 Å². The molecule has 1 aliphatic rings. The molecule has 5 heteroatoms. The minimum atomic E-state index is -0.502. The Morgan fingerprint density at radius 1 is 1.35 bits per heavy atom. The maximum absolute atomic E-state index is 10.2. The molecule has 0 aliphatic heterocycles. The van der Waals surface area contributed by atoms with Gasteiger partial charge in [-0.1, -0.05) is 26.3 Å². The number of aliphatic hydroxyl groups excluding tert-OH is 1. The molecule has 0 spiro atoms. The van der Waals surface area contributed by atoms with E-state index in [0.717, 1.165) is 15.8 Å². The van der Waals surface area contributed by atoms with Gasteiger partial charge in [0, 0.05) is 12.6 Å². The first kappa shape index (κ1) is 16.7. The third-order valence-electron chi connectivity index (χ3n) is 4.92. The minimum Gasteiger partial charge on any atom is -0.490 e. The van der Waals surface area contributed by atoms with Crippen LogP contribution in [-0.2, 0) is 0 Å². The van der Waals surface area contributed by atoms with E-state index in [1.165, 1.54) is 30.8 Å². The summed E-state index contributed by atoms with van der Waals surface area (Å²) in [5, 5.41) is 14.8. The number of aliphatic hydroxyl groups is 1. The number of benzene rings is 1. The topological polar surface area (TPSA) is 54.4 Å². The number of aromatic nitrogens is 1. The van der Waals surface area contributed by atoms with Gasteiger partial charge in [-0.2, -0.15) is 4.37 Å². The molecule has 0 radical (unpaired) electrons. The van der Waals surface area contributed by atoms with E-state index in [2.05, 4.69) is 23.5 Å². The zero-order valence-electron chi connectivity index (χ0n) is 13.9. The van der Waals surface area contributed by atoms with Crippen LogP contribution in [0.1, 0.15) is 33.1 Å². The molecule has 0 saturated heterocycles. The zero-order valence-corrected chi connectivity index (χ0v) is 14.7. The molecule has 1 aromatic carbocycles. The molecule has 3 unspecified atom stereocenters. The summed E-state index contributed by atoms with van der Waals surface area (Å²) in [4.78, 5) is 0. The van der Waals surface area contributed by atoms with Gasteiger partial charge in [0.25, 0.3) is 0 Å². The summed E-state index contributed by atoms with van der Waals surface area (Å²) in [5.41, 5.74) is 0. The summed E-state index contributed by atoms with van der Waals surface area (Å²) >= 11 is 1.46. The van der Waals surface area contributed by atoms with E-state index in [-0.39, 0.29) is 0 Å². The van der Waals surface area contributed by atoms with Crippen LogP contribution >= 0.6 is 11.5 Å². The fraction of sp³-hybridized carbons (Fsp3) is 0.611. The predicted molar refractivity (Wildman–Crippen MR) is 95.1 cm³/mol. The molecule has 23 heavy (non-hydrogen) atoms. The van der Waals surface area contributed by atoms with Crippen LogP contribution in [0.25, 0.3) is 10.1 Å². The van der Waals surface area contributed by atoms with Gasteiger partial charge in [0.15, 0.2) is 0 Å². The van der Waals surface area contributed by atoms with Crippen LogP contribution in [0.2, 0.25) is 0 Å². The minimum absolute atomic E-state index is 0.303. The number of ether oxygens (including phenoxy) is 1. The van der Waals surface area contributed by atoms with Crippen molar-refractivity contribution in [3.8, 4) is 5.75 Å². The molecular formula is C18H26N2O2S. The molecule has 0 amide bonds. The molecule has 3 atom stereocenters. The third-order valence-corrected chi connectivity index (χ3v) is 5.69. The molecule has 1 aromatic heterocycles. The largest absolute Gasteiger partial charge is 0.490 e. The van der Waals surface area contributed by atoms with Crippen molar-refractivity contribution in [3.05, 3.63) is 24.4 Å². The van der Waals surface area contributed by atoms with Gasteiger partial charge in [-0.05, 0) is 48.3 Å². The Kier molecular flexibility index (Phi) is 5.51. The van der Waals surface area contributed by atoms with Crippen LogP contribution in [0, 0.1) is 11.8 Å². The molecule has 2 N–H and O–H groups in total. The number of nitrogens with one attached hydrogen (secondary N) is 1.